The van der Waals surface area contributed by atoms with Crippen molar-refractivity contribution < 1.29 is 19.4 Å². The summed E-state index contributed by atoms with van der Waals surface area (Å²) >= 11 is 1.44. The number of carbonyl (C=O) groups excluding carboxylic acids is 1. The smallest absolute Gasteiger partial charge is 0.305 e. The third-order valence-corrected chi connectivity index (χ3v) is 3.78. The molecule has 1 fully saturated rings. The van der Waals surface area contributed by atoms with E-state index in [9.17, 15) is 9.59 Å². The summed E-state index contributed by atoms with van der Waals surface area (Å²) < 4.78 is 5.24. The van der Waals surface area contributed by atoms with Gasteiger partial charge >= 0.3 is 5.97 Å². The SMILES string of the molecule is O=C(O)CC1(NC(=O)c2ccsc2)CCOCC1. The maximum atomic E-state index is 12.0. The Bertz CT molecular complexity index is 423. The van der Waals surface area contributed by atoms with Gasteiger partial charge in [0.2, 0.25) is 0 Å². The molecule has 0 aromatic carbocycles. The molecule has 0 aliphatic carbocycles. The number of hydrogen-bond donors (Lipinski definition) is 2. The zero-order valence-corrected chi connectivity index (χ0v) is 10.7. The molecule has 1 aromatic heterocycles. The molecule has 0 atom stereocenters. The Labute approximate surface area is 109 Å². The molecule has 2 N–H and O–H groups in total. The van der Waals surface area contributed by atoms with Crippen LogP contribution in [-0.4, -0.2) is 35.7 Å². The average molecular weight is 269 g/mol. The Morgan fingerprint density at radius 3 is 2.72 bits per heavy atom. The Morgan fingerprint density at radius 2 is 2.17 bits per heavy atom. The van der Waals surface area contributed by atoms with Gasteiger partial charge in [-0.15, -0.1) is 0 Å². The first-order chi connectivity index (χ1) is 8.61. The van der Waals surface area contributed by atoms with Gasteiger partial charge in [0.05, 0.1) is 17.5 Å². The summed E-state index contributed by atoms with van der Waals surface area (Å²) in [5.74, 6) is -1.11. The second-order valence-electron chi connectivity index (χ2n) is 4.43. The van der Waals surface area contributed by atoms with Crippen molar-refractivity contribution in [2.24, 2.45) is 0 Å². The average Bonchev–Trinajstić information content (AvgIpc) is 2.82. The van der Waals surface area contributed by atoms with Crippen molar-refractivity contribution in [1.29, 1.82) is 0 Å². The maximum Gasteiger partial charge on any atom is 0.305 e. The van der Waals surface area contributed by atoms with Crippen LogP contribution in [-0.2, 0) is 9.53 Å². The van der Waals surface area contributed by atoms with Gasteiger partial charge in [-0.05, 0) is 24.3 Å². The van der Waals surface area contributed by atoms with Crippen LogP contribution in [0.1, 0.15) is 29.6 Å². The fraction of sp³-hybridized carbons (Fsp3) is 0.500. The van der Waals surface area contributed by atoms with Crippen LogP contribution in [0.5, 0.6) is 0 Å². The number of carboxylic acid groups (broad SMARTS) is 1. The van der Waals surface area contributed by atoms with E-state index in [0.717, 1.165) is 0 Å². The first-order valence-corrected chi connectivity index (χ1v) is 6.70. The van der Waals surface area contributed by atoms with Gasteiger partial charge in [-0.1, -0.05) is 0 Å². The van der Waals surface area contributed by atoms with Crippen LogP contribution in [0, 0.1) is 0 Å². The molecule has 1 aromatic rings. The monoisotopic (exact) mass is 269 g/mol. The van der Waals surface area contributed by atoms with Crippen molar-refractivity contribution in [2.45, 2.75) is 24.8 Å². The van der Waals surface area contributed by atoms with Gasteiger partial charge < -0.3 is 15.2 Å². The number of ether oxygens (including phenoxy) is 1. The molecule has 0 radical (unpaired) electrons. The molecule has 1 saturated heterocycles. The third kappa shape index (κ3) is 3.08. The first-order valence-electron chi connectivity index (χ1n) is 5.76. The lowest BCUT2D eigenvalue weighted by Crippen LogP contribution is -2.53. The number of carbonyl (C=O) groups is 2. The van der Waals surface area contributed by atoms with E-state index in [1.807, 2.05) is 5.38 Å². The number of carboxylic acids is 1. The molecule has 1 amide bonds. The van der Waals surface area contributed by atoms with Crippen LogP contribution in [0.2, 0.25) is 0 Å². The van der Waals surface area contributed by atoms with E-state index in [4.69, 9.17) is 9.84 Å². The zero-order valence-electron chi connectivity index (χ0n) is 9.85. The normalized spacial score (nSPS) is 18.2. The molecule has 0 unspecified atom stereocenters. The van der Waals surface area contributed by atoms with Gasteiger partial charge in [0.15, 0.2) is 0 Å². The van der Waals surface area contributed by atoms with Gasteiger partial charge in [0.1, 0.15) is 0 Å². The summed E-state index contributed by atoms with van der Waals surface area (Å²) in [5.41, 5.74) is -0.0976. The van der Waals surface area contributed by atoms with Crippen molar-refractivity contribution in [2.75, 3.05) is 13.2 Å². The highest BCUT2D eigenvalue weighted by Crippen LogP contribution is 2.25. The van der Waals surface area contributed by atoms with E-state index >= 15 is 0 Å². The summed E-state index contributed by atoms with van der Waals surface area (Å²) in [6.07, 6.45) is 1.01. The number of thiophene rings is 1. The molecule has 18 heavy (non-hydrogen) atoms. The molecular formula is C12H15NO4S. The van der Waals surface area contributed by atoms with Crippen LogP contribution >= 0.6 is 11.3 Å². The minimum Gasteiger partial charge on any atom is -0.481 e. The lowest BCUT2D eigenvalue weighted by molar-refractivity contribution is -0.139. The van der Waals surface area contributed by atoms with Gasteiger partial charge in [-0.3, -0.25) is 9.59 Å². The molecule has 1 aliphatic heterocycles. The molecule has 0 bridgehead atoms. The van der Waals surface area contributed by atoms with E-state index in [0.29, 0.717) is 31.6 Å². The Kier molecular flexibility index (Phi) is 3.98. The van der Waals surface area contributed by atoms with E-state index in [1.54, 1.807) is 11.4 Å². The predicted octanol–water partition coefficient (Wildman–Crippen LogP) is 1.50. The number of nitrogens with one attached hydrogen (secondary N) is 1. The highest BCUT2D eigenvalue weighted by Gasteiger charge is 2.36. The Balaban J connectivity index is 2.09. The highest BCUT2D eigenvalue weighted by molar-refractivity contribution is 7.08. The Hall–Kier alpha value is -1.40. The molecule has 6 heteroatoms. The summed E-state index contributed by atoms with van der Waals surface area (Å²) in [4.78, 5) is 23.0. The lowest BCUT2D eigenvalue weighted by atomic mass is 9.86. The molecule has 5 nitrogen and oxygen atoms in total. The molecule has 2 heterocycles. The Morgan fingerprint density at radius 1 is 1.44 bits per heavy atom. The van der Waals surface area contributed by atoms with Crippen LogP contribution in [0.3, 0.4) is 0 Å². The molecule has 98 valence electrons. The highest BCUT2D eigenvalue weighted by atomic mass is 32.1. The quantitative estimate of drug-likeness (QED) is 0.868. The molecule has 0 saturated carbocycles. The minimum atomic E-state index is -0.900. The predicted molar refractivity (Wildman–Crippen MR) is 66.8 cm³/mol. The molecular weight excluding hydrogens is 254 g/mol. The molecule has 1 aliphatic rings. The van der Waals surface area contributed by atoms with Crippen molar-refractivity contribution in [3.63, 3.8) is 0 Å². The van der Waals surface area contributed by atoms with Gasteiger partial charge in [0.25, 0.3) is 5.91 Å². The minimum absolute atomic E-state index is 0.0633. The van der Waals surface area contributed by atoms with E-state index in [1.165, 1.54) is 11.3 Å². The van der Waals surface area contributed by atoms with Crippen LogP contribution in [0.25, 0.3) is 0 Å². The first kappa shape index (κ1) is 13.0. The summed E-state index contributed by atoms with van der Waals surface area (Å²) in [6, 6.07) is 1.73. The number of rotatable bonds is 4. The largest absolute Gasteiger partial charge is 0.481 e. The molecule has 0 spiro atoms. The fourth-order valence-electron chi connectivity index (χ4n) is 2.10. The van der Waals surface area contributed by atoms with Gasteiger partial charge in [0, 0.05) is 18.6 Å². The van der Waals surface area contributed by atoms with Crippen LogP contribution in [0.4, 0.5) is 0 Å². The lowest BCUT2D eigenvalue weighted by Gasteiger charge is -2.36. The fourth-order valence-corrected chi connectivity index (χ4v) is 2.74. The summed E-state index contributed by atoms with van der Waals surface area (Å²) in [6.45, 7) is 0.967. The number of amides is 1. The maximum absolute atomic E-state index is 12.0. The van der Waals surface area contributed by atoms with Crippen LogP contribution in [0.15, 0.2) is 16.8 Å². The number of hydrogen-bond acceptors (Lipinski definition) is 4. The zero-order chi connectivity index (χ0) is 13.0. The molecule has 2 rings (SSSR count). The van der Waals surface area contributed by atoms with E-state index in [-0.39, 0.29) is 12.3 Å². The van der Waals surface area contributed by atoms with E-state index < -0.39 is 11.5 Å². The van der Waals surface area contributed by atoms with Crippen molar-refractivity contribution in [3.05, 3.63) is 22.4 Å². The van der Waals surface area contributed by atoms with Gasteiger partial charge in [-0.25, -0.2) is 0 Å². The topological polar surface area (TPSA) is 75.6 Å². The second-order valence-corrected chi connectivity index (χ2v) is 5.21. The van der Waals surface area contributed by atoms with Crippen LogP contribution < -0.4 is 5.32 Å². The van der Waals surface area contributed by atoms with Crippen molar-refractivity contribution >= 4 is 23.2 Å². The summed E-state index contributed by atoms with van der Waals surface area (Å²) in [5, 5.41) is 15.4. The second kappa shape index (κ2) is 5.49. The van der Waals surface area contributed by atoms with E-state index in [2.05, 4.69) is 5.32 Å². The number of aliphatic carboxylic acids is 1. The van der Waals surface area contributed by atoms with Crippen molar-refractivity contribution in [1.82, 2.24) is 5.32 Å². The summed E-state index contributed by atoms with van der Waals surface area (Å²) in [7, 11) is 0. The van der Waals surface area contributed by atoms with Crippen molar-refractivity contribution in [3.8, 4) is 0 Å². The third-order valence-electron chi connectivity index (χ3n) is 3.10. The van der Waals surface area contributed by atoms with Gasteiger partial charge in [-0.2, -0.15) is 11.3 Å². The standard InChI is InChI=1S/C12H15NO4S/c14-10(15)7-12(2-4-17-5-3-12)13-11(16)9-1-6-18-8-9/h1,6,8H,2-5,7H2,(H,13,16)(H,14,15).